The van der Waals surface area contributed by atoms with Gasteiger partial charge in [0, 0.05) is 28.6 Å². The van der Waals surface area contributed by atoms with Gasteiger partial charge in [0.15, 0.2) is 11.5 Å². The van der Waals surface area contributed by atoms with E-state index in [1.165, 1.54) is 0 Å². The smallest absolute Gasteiger partial charge is 0.250 e. The van der Waals surface area contributed by atoms with Gasteiger partial charge in [0.25, 0.3) is 0 Å². The number of hydrogen-bond donors (Lipinski definition) is 2. The summed E-state index contributed by atoms with van der Waals surface area (Å²) in [5.74, 6) is 3.09. The molecule has 0 bridgehead atoms. The van der Waals surface area contributed by atoms with Crippen molar-refractivity contribution in [3.8, 4) is 23.0 Å². The van der Waals surface area contributed by atoms with Crippen LogP contribution in [0.25, 0.3) is 0 Å². The lowest BCUT2D eigenvalue weighted by Gasteiger charge is -2.23. The first-order valence-electron chi connectivity index (χ1n) is 13.8. The van der Waals surface area contributed by atoms with Gasteiger partial charge in [-0.1, -0.05) is 42.5 Å². The van der Waals surface area contributed by atoms with E-state index in [0.717, 1.165) is 16.9 Å². The zero-order chi connectivity index (χ0) is 31.4. The number of nitrogens with one attached hydrogen (secondary N) is 2. The summed E-state index contributed by atoms with van der Waals surface area (Å²) >= 11 is 0. The number of hydrogen-bond acceptors (Lipinski definition) is 12. The predicted octanol–water partition coefficient (Wildman–Crippen LogP) is 6.27. The summed E-state index contributed by atoms with van der Waals surface area (Å²) in [6.45, 7) is 0. The second-order valence-electron chi connectivity index (χ2n) is 9.22. The van der Waals surface area contributed by atoms with Gasteiger partial charge in [0.2, 0.25) is 17.8 Å². The Morgan fingerprint density at radius 3 is 1.73 bits per heavy atom. The Labute approximate surface area is 261 Å². The number of nitrogens with zero attached hydrogens (tertiary/aromatic N) is 6. The van der Waals surface area contributed by atoms with Gasteiger partial charge in [-0.15, -0.1) is 0 Å². The van der Waals surface area contributed by atoms with Crippen LogP contribution >= 0.6 is 0 Å². The quantitative estimate of drug-likeness (QED) is 0.117. The summed E-state index contributed by atoms with van der Waals surface area (Å²) in [6.07, 6.45) is 3.20. The molecule has 0 aliphatic rings. The fourth-order valence-corrected chi connectivity index (χ4v) is 4.36. The summed E-state index contributed by atoms with van der Waals surface area (Å²) in [5, 5.41) is 8.74. The maximum Gasteiger partial charge on any atom is 0.250 e. The molecule has 1 heterocycles. The van der Waals surface area contributed by atoms with Gasteiger partial charge >= 0.3 is 0 Å². The summed E-state index contributed by atoms with van der Waals surface area (Å²) in [7, 11) is 6.33. The fourth-order valence-electron chi connectivity index (χ4n) is 4.36. The van der Waals surface area contributed by atoms with E-state index in [1.807, 2.05) is 95.9 Å². The standard InChI is InChI=1S/C33H32N8O4/c1-42-27-19-18-23(29(20-27)44-3)21-34-39-31-36-32(40-35-22-24-12-11-17-28(43-2)30(24)45-4)38-33(37-31)41(25-13-7-5-8-14-25)26-15-9-6-10-16-26/h5-22H,1-4H3,(H2,36,37,38,39,40). The molecule has 0 fully saturated rings. The largest absolute Gasteiger partial charge is 0.497 e. The van der Waals surface area contributed by atoms with E-state index in [9.17, 15) is 0 Å². The molecule has 5 aromatic rings. The van der Waals surface area contributed by atoms with Crippen LogP contribution in [0, 0.1) is 0 Å². The normalized spacial score (nSPS) is 10.9. The van der Waals surface area contributed by atoms with Crippen LogP contribution in [0.1, 0.15) is 11.1 Å². The van der Waals surface area contributed by atoms with Crippen molar-refractivity contribution >= 4 is 41.6 Å². The number of hydrazone groups is 2. The average molecular weight is 605 g/mol. The van der Waals surface area contributed by atoms with Crippen molar-refractivity contribution in [3.63, 3.8) is 0 Å². The van der Waals surface area contributed by atoms with E-state index in [-0.39, 0.29) is 11.9 Å². The molecular weight excluding hydrogens is 572 g/mol. The first-order valence-corrected chi connectivity index (χ1v) is 13.8. The molecule has 0 radical (unpaired) electrons. The summed E-state index contributed by atoms with van der Waals surface area (Å²) in [5.41, 5.74) is 8.96. The minimum absolute atomic E-state index is 0.176. The van der Waals surface area contributed by atoms with Crippen LogP contribution in [0.15, 0.2) is 107 Å². The van der Waals surface area contributed by atoms with E-state index in [4.69, 9.17) is 28.9 Å². The van der Waals surface area contributed by atoms with Crippen molar-refractivity contribution in [3.05, 3.63) is 108 Å². The molecule has 228 valence electrons. The second-order valence-corrected chi connectivity index (χ2v) is 9.22. The first-order chi connectivity index (χ1) is 22.1. The Hall–Kier alpha value is -6.17. The van der Waals surface area contributed by atoms with Crippen LogP contribution in [0.5, 0.6) is 23.0 Å². The molecule has 5 rings (SSSR count). The molecule has 12 nitrogen and oxygen atoms in total. The van der Waals surface area contributed by atoms with Crippen molar-refractivity contribution in [1.29, 1.82) is 0 Å². The third-order valence-electron chi connectivity index (χ3n) is 6.46. The molecule has 0 saturated carbocycles. The minimum Gasteiger partial charge on any atom is -0.497 e. The Bertz CT molecular complexity index is 1730. The van der Waals surface area contributed by atoms with Crippen LogP contribution in [-0.4, -0.2) is 55.8 Å². The zero-order valence-electron chi connectivity index (χ0n) is 25.2. The van der Waals surface area contributed by atoms with Crippen LogP contribution < -0.4 is 34.7 Å². The fraction of sp³-hybridized carbons (Fsp3) is 0.121. The Balaban J connectivity index is 1.51. The second kappa shape index (κ2) is 14.8. The third-order valence-corrected chi connectivity index (χ3v) is 6.46. The molecular formula is C33H32N8O4. The van der Waals surface area contributed by atoms with Crippen molar-refractivity contribution < 1.29 is 18.9 Å². The zero-order valence-corrected chi connectivity index (χ0v) is 25.2. The summed E-state index contributed by atoms with van der Waals surface area (Å²) < 4.78 is 21.7. The molecule has 0 spiro atoms. The van der Waals surface area contributed by atoms with E-state index in [2.05, 4.69) is 26.0 Å². The lowest BCUT2D eigenvalue weighted by Crippen LogP contribution is -2.16. The number of para-hydroxylation sites is 3. The van der Waals surface area contributed by atoms with Crippen LogP contribution in [-0.2, 0) is 0 Å². The molecule has 2 N–H and O–H groups in total. The molecule has 0 saturated heterocycles. The van der Waals surface area contributed by atoms with Gasteiger partial charge in [-0.2, -0.15) is 25.2 Å². The van der Waals surface area contributed by atoms with Gasteiger partial charge in [-0.25, -0.2) is 10.9 Å². The van der Waals surface area contributed by atoms with E-state index < -0.39 is 0 Å². The summed E-state index contributed by atoms with van der Waals surface area (Å²) in [6, 6.07) is 30.5. The molecule has 45 heavy (non-hydrogen) atoms. The minimum atomic E-state index is 0.176. The molecule has 12 heteroatoms. The van der Waals surface area contributed by atoms with Crippen molar-refractivity contribution in [2.24, 2.45) is 10.2 Å². The summed E-state index contributed by atoms with van der Waals surface area (Å²) in [4.78, 5) is 15.8. The molecule has 0 atom stereocenters. The third kappa shape index (κ3) is 7.43. The maximum atomic E-state index is 5.51. The number of anilines is 5. The highest BCUT2D eigenvalue weighted by atomic mass is 16.5. The van der Waals surface area contributed by atoms with Gasteiger partial charge in [-0.05, 0) is 48.5 Å². The van der Waals surface area contributed by atoms with Gasteiger partial charge in [0.05, 0.1) is 40.9 Å². The Morgan fingerprint density at radius 1 is 0.578 bits per heavy atom. The molecule has 0 aliphatic heterocycles. The Kier molecular flexibility index (Phi) is 9.98. The number of ether oxygens (including phenoxy) is 4. The molecule has 0 aliphatic carbocycles. The topological polar surface area (TPSA) is 128 Å². The highest BCUT2D eigenvalue weighted by Gasteiger charge is 2.18. The molecule has 0 unspecified atom stereocenters. The van der Waals surface area contributed by atoms with Crippen molar-refractivity contribution in [2.45, 2.75) is 0 Å². The maximum absolute atomic E-state index is 5.51. The van der Waals surface area contributed by atoms with Crippen LogP contribution in [0.4, 0.5) is 29.2 Å². The van der Waals surface area contributed by atoms with E-state index in [1.54, 1.807) is 46.9 Å². The monoisotopic (exact) mass is 604 g/mol. The first kappa shape index (κ1) is 30.3. The van der Waals surface area contributed by atoms with Crippen LogP contribution in [0.2, 0.25) is 0 Å². The lowest BCUT2D eigenvalue weighted by molar-refractivity contribution is 0.354. The van der Waals surface area contributed by atoms with Gasteiger partial charge < -0.3 is 18.9 Å². The van der Waals surface area contributed by atoms with Crippen molar-refractivity contribution in [2.75, 3.05) is 44.2 Å². The highest BCUT2D eigenvalue weighted by Crippen LogP contribution is 2.33. The number of benzene rings is 4. The van der Waals surface area contributed by atoms with Gasteiger partial charge in [-0.3, -0.25) is 4.90 Å². The number of aromatic nitrogens is 3. The van der Waals surface area contributed by atoms with Gasteiger partial charge in [0.1, 0.15) is 11.5 Å². The Morgan fingerprint density at radius 2 is 1.18 bits per heavy atom. The SMILES string of the molecule is COc1ccc(C=NNc2nc(NN=Cc3cccc(OC)c3OC)nc(N(c3ccccc3)c3ccccc3)n2)c(OC)c1. The molecule has 0 amide bonds. The molecule has 4 aromatic carbocycles. The predicted molar refractivity (Wildman–Crippen MR) is 176 cm³/mol. The van der Waals surface area contributed by atoms with E-state index in [0.29, 0.717) is 34.5 Å². The number of methoxy groups -OCH3 is 4. The van der Waals surface area contributed by atoms with Crippen LogP contribution in [0.3, 0.4) is 0 Å². The lowest BCUT2D eigenvalue weighted by atomic mass is 10.2. The molecule has 1 aromatic heterocycles. The van der Waals surface area contributed by atoms with E-state index >= 15 is 0 Å². The average Bonchev–Trinajstić information content (AvgIpc) is 3.09. The highest BCUT2D eigenvalue weighted by molar-refractivity contribution is 5.86. The number of rotatable bonds is 13. The van der Waals surface area contributed by atoms with Crippen molar-refractivity contribution in [1.82, 2.24) is 15.0 Å².